The summed E-state index contributed by atoms with van der Waals surface area (Å²) in [6.07, 6.45) is 5.29. The quantitative estimate of drug-likeness (QED) is 0.738. The van der Waals surface area contributed by atoms with Crippen LogP contribution in [0.3, 0.4) is 0 Å². The van der Waals surface area contributed by atoms with Crippen LogP contribution < -0.4 is 0 Å². The summed E-state index contributed by atoms with van der Waals surface area (Å²) in [7, 11) is 0. The van der Waals surface area contributed by atoms with Gasteiger partial charge in [-0.05, 0) is 12.0 Å². The molecule has 0 aromatic heterocycles. The molecular formula is C18H25NO3S. The van der Waals surface area contributed by atoms with Crippen molar-refractivity contribution in [1.29, 1.82) is 0 Å². The van der Waals surface area contributed by atoms with Gasteiger partial charge < -0.3 is 10.0 Å². The third-order valence-electron chi connectivity index (χ3n) is 4.16. The summed E-state index contributed by atoms with van der Waals surface area (Å²) in [4.78, 5) is 25.7. The lowest BCUT2D eigenvalue weighted by molar-refractivity contribution is -0.149. The molecule has 1 aliphatic rings. The lowest BCUT2D eigenvalue weighted by Crippen LogP contribution is -2.46. The van der Waals surface area contributed by atoms with E-state index < -0.39 is 12.0 Å². The van der Waals surface area contributed by atoms with E-state index in [-0.39, 0.29) is 11.3 Å². The molecule has 2 atom stereocenters. The minimum absolute atomic E-state index is 0.0144. The zero-order valence-corrected chi connectivity index (χ0v) is 14.4. The molecule has 0 radical (unpaired) electrons. The van der Waals surface area contributed by atoms with Gasteiger partial charge in [0.25, 0.3) is 0 Å². The summed E-state index contributed by atoms with van der Waals surface area (Å²) in [5.41, 5.74) is 1.14. The van der Waals surface area contributed by atoms with Gasteiger partial charge in [-0.1, -0.05) is 56.5 Å². The minimum atomic E-state index is -0.894. The van der Waals surface area contributed by atoms with Crippen molar-refractivity contribution in [3.05, 3.63) is 35.9 Å². The fourth-order valence-corrected chi connectivity index (χ4v) is 4.34. The van der Waals surface area contributed by atoms with Crippen LogP contribution in [0.1, 0.15) is 44.6 Å². The SMILES string of the molecule is CCCCCCC(=O)N1C(Cc2ccccc2)SCC1C(=O)O. The van der Waals surface area contributed by atoms with E-state index in [4.69, 9.17) is 0 Å². The van der Waals surface area contributed by atoms with E-state index in [1.807, 2.05) is 30.3 Å². The summed E-state index contributed by atoms with van der Waals surface area (Å²) in [5, 5.41) is 9.35. The summed E-state index contributed by atoms with van der Waals surface area (Å²) < 4.78 is 0. The number of amides is 1. The van der Waals surface area contributed by atoms with Crippen molar-refractivity contribution in [2.75, 3.05) is 5.75 Å². The normalized spacial score (nSPS) is 20.7. The van der Waals surface area contributed by atoms with E-state index in [0.29, 0.717) is 18.6 Å². The highest BCUT2D eigenvalue weighted by molar-refractivity contribution is 8.00. The van der Waals surface area contributed by atoms with Crippen molar-refractivity contribution in [3.8, 4) is 0 Å². The second-order valence-electron chi connectivity index (χ2n) is 5.94. The minimum Gasteiger partial charge on any atom is -0.480 e. The van der Waals surface area contributed by atoms with Gasteiger partial charge in [-0.25, -0.2) is 4.79 Å². The molecule has 1 aromatic carbocycles. The van der Waals surface area contributed by atoms with Gasteiger partial charge in [-0.15, -0.1) is 11.8 Å². The third-order valence-corrected chi connectivity index (χ3v) is 5.45. The molecule has 1 fully saturated rings. The standard InChI is InChI=1S/C18H25NO3S/c1-2-3-4-8-11-16(20)19-15(18(21)22)13-23-17(19)12-14-9-6-5-7-10-14/h5-7,9-10,15,17H,2-4,8,11-13H2,1H3,(H,21,22). The predicted octanol–water partition coefficient (Wildman–Crippen LogP) is 3.55. The number of aliphatic carboxylic acids is 1. The van der Waals surface area contributed by atoms with Crippen molar-refractivity contribution >= 4 is 23.6 Å². The van der Waals surface area contributed by atoms with Gasteiger partial charge >= 0.3 is 5.97 Å². The molecule has 126 valence electrons. The van der Waals surface area contributed by atoms with Crippen LogP contribution in [-0.2, 0) is 16.0 Å². The maximum atomic E-state index is 12.6. The van der Waals surface area contributed by atoms with Crippen molar-refractivity contribution < 1.29 is 14.7 Å². The zero-order valence-electron chi connectivity index (χ0n) is 13.6. The molecule has 1 aromatic rings. The second kappa shape index (κ2) is 8.96. The number of rotatable bonds is 8. The fourth-order valence-electron chi connectivity index (χ4n) is 2.89. The van der Waals surface area contributed by atoms with Crippen molar-refractivity contribution in [2.45, 2.75) is 56.9 Å². The molecule has 4 nitrogen and oxygen atoms in total. The van der Waals surface area contributed by atoms with E-state index in [0.717, 1.165) is 31.2 Å². The number of benzene rings is 1. The molecule has 0 spiro atoms. The maximum absolute atomic E-state index is 12.6. The highest BCUT2D eigenvalue weighted by Gasteiger charge is 2.41. The second-order valence-corrected chi connectivity index (χ2v) is 7.15. The Labute approximate surface area is 142 Å². The third kappa shape index (κ3) is 4.99. The lowest BCUT2D eigenvalue weighted by atomic mass is 10.1. The van der Waals surface area contributed by atoms with Gasteiger partial charge in [-0.2, -0.15) is 0 Å². The maximum Gasteiger partial charge on any atom is 0.327 e. The number of thioether (sulfide) groups is 1. The number of carbonyl (C=O) groups excluding carboxylic acids is 1. The van der Waals surface area contributed by atoms with Crippen LogP contribution in [-0.4, -0.2) is 39.1 Å². The molecular weight excluding hydrogens is 310 g/mol. The van der Waals surface area contributed by atoms with Gasteiger partial charge in [0, 0.05) is 18.6 Å². The molecule has 0 bridgehead atoms. The molecule has 2 rings (SSSR count). The van der Waals surface area contributed by atoms with Crippen LogP contribution in [0, 0.1) is 0 Å². The molecule has 1 N–H and O–H groups in total. The predicted molar refractivity (Wildman–Crippen MR) is 93.4 cm³/mol. The molecule has 1 aliphatic heterocycles. The fraction of sp³-hybridized carbons (Fsp3) is 0.556. The zero-order chi connectivity index (χ0) is 16.7. The van der Waals surface area contributed by atoms with Crippen LogP contribution in [0.25, 0.3) is 0 Å². The number of carboxylic acids is 1. The highest BCUT2D eigenvalue weighted by Crippen LogP contribution is 2.32. The molecule has 1 saturated heterocycles. The largest absolute Gasteiger partial charge is 0.480 e. The molecule has 0 saturated carbocycles. The van der Waals surface area contributed by atoms with Crippen LogP contribution in [0.2, 0.25) is 0 Å². The Morgan fingerprint density at radius 1 is 1.22 bits per heavy atom. The van der Waals surface area contributed by atoms with Crippen LogP contribution in [0.4, 0.5) is 0 Å². The average Bonchev–Trinajstić information content (AvgIpc) is 2.96. The molecule has 1 heterocycles. The topological polar surface area (TPSA) is 57.6 Å². The van der Waals surface area contributed by atoms with Gasteiger partial charge in [0.15, 0.2) is 0 Å². The van der Waals surface area contributed by atoms with Crippen molar-refractivity contribution in [2.24, 2.45) is 0 Å². The summed E-state index contributed by atoms with van der Waals surface area (Å²) in [5.74, 6) is -0.428. The van der Waals surface area contributed by atoms with Crippen molar-refractivity contribution in [1.82, 2.24) is 4.90 Å². The van der Waals surface area contributed by atoms with Crippen LogP contribution in [0.5, 0.6) is 0 Å². The number of carboxylic acid groups (broad SMARTS) is 1. The first kappa shape index (κ1) is 17.9. The molecule has 1 amide bonds. The van der Waals surface area contributed by atoms with Crippen LogP contribution >= 0.6 is 11.8 Å². The first-order chi connectivity index (χ1) is 11.1. The highest BCUT2D eigenvalue weighted by atomic mass is 32.2. The number of hydrogen-bond donors (Lipinski definition) is 1. The first-order valence-corrected chi connectivity index (χ1v) is 9.38. The summed E-state index contributed by atoms with van der Waals surface area (Å²) in [6.45, 7) is 2.13. The van der Waals surface area contributed by atoms with E-state index >= 15 is 0 Å². The smallest absolute Gasteiger partial charge is 0.327 e. The Morgan fingerprint density at radius 2 is 1.96 bits per heavy atom. The van der Waals surface area contributed by atoms with E-state index in [1.54, 1.807) is 16.7 Å². The Balaban J connectivity index is 2.02. The number of unbranched alkanes of at least 4 members (excludes halogenated alkanes) is 3. The Bertz CT molecular complexity index is 520. The van der Waals surface area contributed by atoms with Crippen LogP contribution in [0.15, 0.2) is 30.3 Å². The van der Waals surface area contributed by atoms with Gasteiger partial charge in [0.1, 0.15) is 6.04 Å². The molecule has 2 unspecified atom stereocenters. The molecule has 5 heteroatoms. The van der Waals surface area contributed by atoms with E-state index in [1.165, 1.54) is 0 Å². The Kier molecular flexibility index (Phi) is 6.96. The van der Waals surface area contributed by atoms with Gasteiger partial charge in [0.2, 0.25) is 5.91 Å². The van der Waals surface area contributed by atoms with Gasteiger partial charge in [-0.3, -0.25) is 4.79 Å². The van der Waals surface area contributed by atoms with Gasteiger partial charge in [0.05, 0.1) is 5.37 Å². The summed E-state index contributed by atoms with van der Waals surface area (Å²) >= 11 is 1.58. The summed E-state index contributed by atoms with van der Waals surface area (Å²) in [6, 6.07) is 9.27. The Morgan fingerprint density at radius 3 is 2.61 bits per heavy atom. The van der Waals surface area contributed by atoms with E-state index in [2.05, 4.69) is 6.92 Å². The number of hydrogen-bond acceptors (Lipinski definition) is 3. The van der Waals surface area contributed by atoms with Crippen molar-refractivity contribution in [3.63, 3.8) is 0 Å². The Hall–Kier alpha value is -1.49. The van der Waals surface area contributed by atoms with E-state index in [9.17, 15) is 14.7 Å². The molecule has 0 aliphatic carbocycles. The molecule has 23 heavy (non-hydrogen) atoms. The number of carbonyl (C=O) groups is 2. The first-order valence-electron chi connectivity index (χ1n) is 8.33. The average molecular weight is 335 g/mol. The number of nitrogens with zero attached hydrogens (tertiary/aromatic N) is 1. The lowest BCUT2D eigenvalue weighted by Gasteiger charge is -2.27. The monoisotopic (exact) mass is 335 g/mol.